The molecule has 1 saturated heterocycles. The predicted molar refractivity (Wildman–Crippen MR) is 120 cm³/mol. The van der Waals surface area contributed by atoms with E-state index in [1.807, 2.05) is 31.2 Å². The van der Waals surface area contributed by atoms with Crippen molar-refractivity contribution >= 4 is 51.9 Å². The van der Waals surface area contributed by atoms with Crippen molar-refractivity contribution in [3.63, 3.8) is 0 Å². The Hall–Kier alpha value is -2.64. The number of anilines is 1. The Labute approximate surface area is 179 Å². The molecule has 3 rings (SSSR count). The van der Waals surface area contributed by atoms with Gasteiger partial charge in [0.1, 0.15) is 5.75 Å². The van der Waals surface area contributed by atoms with Crippen molar-refractivity contribution in [2.75, 3.05) is 4.90 Å². The maximum atomic E-state index is 13.0. The summed E-state index contributed by atoms with van der Waals surface area (Å²) < 4.78 is 5.98. The van der Waals surface area contributed by atoms with E-state index in [2.05, 4.69) is 0 Å². The van der Waals surface area contributed by atoms with E-state index >= 15 is 0 Å². The quantitative estimate of drug-likeness (QED) is 0.501. The Balaban J connectivity index is 1.80. The Bertz CT molecular complexity index is 969. The Morgan fingerprint density at radius 2 is 1.90 bits per heavy atom. The first kappa shape index (κ1) is 21.1. The molecule has 5 nitrogen and oxygen atoms in total. The third-order valence-electron chi connectivity index (χ3n) is 4.51. The zero-order valence-corrected chi connectivity index (χ0v) is 17.8. The number of carboxylic acids is 1. The second-order valence-electron chi connectivity index (χ2n) is 6.42. The average Bonchev–Trinajstić information content (AvgIpc) is 2.99. The first-order chi connectivity index (χ1) is 13.9. The van der Waals surface area contributed by atoms with Crippen LogP contribution in [0.4, 0.5) is 5.69 Å². The summed E-state index contributed by atoms with van der Waals surface area (Å²) in [5.74, 6) is -0.661. The monoisotopic (exact) mass is 427 g/mol. The Morgan fingerprint density at radius 1 is 1.21 bits per heavy atom. The summed E-state index contributed by atoms with van der Waals surface area (Å²) in [6.07, 6.45) is 2.09. The van der Waals surface area contributed by atoms with Crippen LogP contribution < -0.4 is 9.64 Å². The molecule has 29 heavy (non-hydrogen) atoms. The average molecular weight is 428 g/mol. The summed E-state index contributed by atoms with van der Waals surface area (Å²) in [5.41, 5.74) is 2.70. The molecule has 1 N–H and O–H groups in total. The van der Waals surface area contributed by atoms with Crippen LogP contribution in [0.15, 0.2) is 53.4 Å². The van der Waals surface area contributed by atoms with Gasteiger partial charge < -0.3 is 9.84 Å². The van der Waals surface area contributed by atoms with E-state index in [1.165, 1.54) is 11.8 Å². The molecule has 0 bridgehead atoms. The number of hydrogen-bond acceptors (Lipinski definition) is 5. The largest absolute Gasteiger partial charge is 0.479 e. The van der Waals surface area contributed by atoms with E-state index in [9.17, 15) is 9.59 Å². The standard InChI is InChI=1S/C22H21NO4S2/c1-3-15-7-5-6-8-17(15)23-20(24)19(29-22(23)28)13-14-9-11-16(12-10-14)27-18(4-2)21(25)26/h5-13,18H,3-4H2,1-2H3,(H,25,26)/b19-13+. The number of hydrogen-bond donors (Lipinski definition) is 1. The number of para-hydroxylation sites is 1. The van der Waals surface area contributed by atoms with Crippen LogP contribution in [-0.2, 0) is 16.0 Å². The number of ether oxygens (including phenoxy) is 1. The van der Waals surface area contributed by atoms with Gasteiger partial charge >= 0.3 is 5.97 Å². The van der Waals surface area contributed by atoms with Gasteiger partial charge in [0.05, 0.1) is 10.6 Å². The highest BCUT2D eigenvalue weighted by Gasteiger charge is 2.34. The number of amides is 1. The molecule has 1 aliphatic heterocycles. The molecule has 1 atom stereocenters. The SMILES string of the molecule is CCc1ccccc1N1C(=O)/C(=C\c2ccc(OC(CC)C(=O)O)cc2)SC1=S. The summed E-state index contributed by atoms with van der Waals surface area (Å²) >= 11 is 6.73. The molecule has 1 unspecified atom stereocenters. The van der Waals surface area contributed by atoms with Gasteiger partial charge in [-0.25, -0.2) is 4.79 Å². The van der Waals surface area contributed by atoms with Crippen molar-refractivity contribution in [1.29, 1.82) is 0 Å². The van der Waals surface area contributed by atoms with Crippen molar-refractivity contribution < 1.29 is 19.4 Å². The molecule has 1 aliphatic rings. The number of benzene rings is 2. The molecule has 2 aromatic rings. The highest BCUT2D eigenvalue weighted by molar-refractivity contribution is 8.27. The minimum Gasteiger partial charge on any atom is -0.479 e. The van der Waals surface area contributed by atoms with Crippen LogP contribution >= 0.6 is 24.0 Å². The molecular formula is C22H21NO4S2. The number of aryl methyl sites for hydroxylation is 1. The fourth-order valence-corrected chi connectivity index (χ4v) is 4.25. The van der Waals surface area contributed by atoms with E-state index in [4.69, 9.17) is 22.1 Å². The summed E-state index contributed by atoms with van der Waals surface area (Å²) in [4.78, 5) is 26.2. The molecule has 0 radical (unpaired) electrons. The van der Waals surface area contributed by atoms with Crippen molar-refractivity contribution in [3.05, 3.63) is 64.6 Å². The topological polar surface area (TPSA) is 66.8 Å². The Kier molecular flexibility index (Phi) is 6.71. The lowest BCUT2D eigenvalue weighted by atomic mass is 10.1. The van der Waals surface area contributed by atoms with Crippen molar-refractivity contribution in [2.24, 2.45) is 0 Å². The lowest BCUT2D eigenvalue weighted by Crippen LogP contribution is -2.28. The van der Waals surface area contributed by atoms with Crippen LogP contribution in [0.25, 0.3) is 6.08 Å². The number of nitrogens with zero attached hydrogens (tertiary/aromatic N) is 1. The molecule has 0 spiro atoms. The molecule has 0 saturated carbocycles. The van der Waals surface area contributed by atoms with Gasteiger partial charge in [0.2, 0.25) is 0 Å². The first-order valence-electron chi connectivity index (χ1n) is 9.30. The van der Waals surface area contributed by atoms with Crippen LogP contribution in [0.3, 0.4) is 0 Å². The van der Waals surface area contributed by atoms with E-state index < -0.39 is 12.1 Å². The Morgan fingerprint density at radius 3 is 2.52 bits per heavy atom. The second kappa shape index (κ2) is 9.24. The van der Waals surface area contributed by atoms with Crippen molar-refractivity contribution in [3.8, 4) is 5.75 Å². The van der Waals surface area contributed by atoms with Gasteiger partial charge in [-0.2, -0.15) is 0 Å². The molecule has 1 fully saturated rings. The van der Waals surface area contributed by atoms with Crippen molar-refractivity contribution in [1.82, 2.24) is 0 Å². The maximum Gasteiger partial charge on any atom is 0.344 e. The molecule has 150 valence electrons. The highest BCUT2D eigenvalue weighted by Crippen LogP contribution is 2.37. The molecule has 1 heterocycles. The third kappa shape index (κ3) is 4.68. The zero-order valence-electron chi connectivity index (χ0n) is 16.1. The van der Waals surface area contributed by atoms with Gasteiger partial charge in [-0.05, 0) is 48.2 Å². The summed E-state index contributed by atoms with van der Waals surface area (Å²) in [6, 6.07) is 14.7. The lowest BCUT2D eigenvalue weighted by Gasteiger charge is -2.18. The summed E-state index contributed by atoms with van der Waals surface area (Å²) in [7, 11) is 0. The van der Waals surface area contributed by atoms with E-state index in [0.29, 0.717) is 21.4 Å². The van der Waals surface area contributed by atoms with Gasteiger partial charge in [-0.3, -0.25) is 9.69 Å². The minimum atomic E-state index is -0.993. The van der Waals surface area contributed by atoms with Gasteiger partial charge in [0.15, 0.2) is 10.4 Å². The molecule has 7 heteroatoms. The zero-order chi connectivity index (χ0) is 21.0. The highest BCUT2D eigenvalue weighted by atomic mass is 32.2. The van der Waals surface area contributed by atoms with Gasteiger partial charge in [0, 0.05) is 0 Å². The number of thiocarbonyl (C=S) groups is 1. The van der Waals surface area contributed by atoms with Crippen LogP contribution in [0, 0.1) is 0 Å². The van der Waals surface area contributed by atoms with E-state index in [1.54, 1.807) is 42.2 Å². The van der Waals surface area contributed by atoms with Crippen LogP contribution in [0.1, 0.15) is 31.4 Å². The fraction of sp³-hybridized carbons (Fsp3) is 0.227. The molecule has 0 aromatic heterocycles. The van der Waals surface area contributed by atoms with Crippen LogP contribution in [-0.4, -0.2) is 27.4 Å². The second-order valence-corrected chi connectivity index (χ2v) is 8.10. The van der Waals surface area contributed by atoms with Crippen molar-refractivity contribution in [2.45, 2.75) is 32.8 Å². The molecule has 1 amide bonds. The van der Waals surface area contributed by atoms with Crippen LogP contribution in [0.2, 0.25) is 0 Å². The number of aliphatic carboxylic acids is 1. The van der Waals surface area contributed by atoms with Gasteiger partial charge in [-0.1, -0.05) is 68.2 Å². The number of carbonyl (C=O) groups is 2. The van der Waals surface area contributed by atoms with E-state index in [0.717, 1.165) is 23.2 Å². The molecular weight excluding hydrogens is 406 g/mol. The smallest absolute Gasteiger partial charge is 0.344 e. The number of carbonyl (C=O) groups excluding carboxylic acids is 1. The first-order valence-corrected chi connectivity index (χ1v) is 10.5. The maximum absolute atomic E-state index is 13.0. The van der Waals surface area contributed by atoms with Crippen LogP contribution in [0.5, 0.6) is 5.75 Å². The number of rotatable bonds is 7. The fourth-order valence-electron chi connectivity index (χ4n) is 2.97. The van der Waals surface area contributed by atoms with Gasteiger partial charge in [0.25, 0.3) is 5.91 Å². The number of thioether (sulfide) groups is 1. The normalized spacial score (nSPS) is 16.3. The minimum absolute atomic E-state index is 0.141. The predicted octanol–water partition coefficient (Wildman–Crippen LogP) is 4.90. The third-order valence-corrected chi connectivity index (χ3v) is 5.81. The molecule has 0 aliphatic carbocycles. The number of carboxylic acid groups (broad SMARTS) is 1. The lowest BCUT2D eigenvalue weighted by molar-refractivity contribution is -0.145. The molecule has 2 aromatic carbocycles. The summed E-state index contributed by atoms with van der Waals surface area (Å²) in [5, 5.41) is 9.10. The van der Waals surface area contributed by atoms with Gasteiger partial charge in [-0.15, -0.1) is 0 Å². The van der Waals surface area contributed by atoms with E-state index in [-0.39, 0.29) is 5.91 Å². The summed E-state index contributed by atoms with van der Waals surface area (Å²) in [6.45, 7) is 3.80.